The summed E-state index contributed by atoms with van der Waals surface area (Å²) in [4.78, 5) is 13.0. The van der Waals surface area contributed by atoms with Gasteiger partial charge in [-0.25, -0.2) is 12.7 Å². The fourth-order valence-electron chi connectivity index (χ4n) is 3.65. The van der Waals surface area contributed by atoms with Crippen LogP contribution in [0.15, 0.2) is 53.0 Å². The van der Waals surface area contributed by atoms with Crippen LogP contribution in [-0.4, -0.2) is 37.9 Å². The highest BCUT2D eigenvalue weighted by Gasteiger charge is 2.41. The molecular weight excluding hydrogens is 440 g/mol. The number of hydrogen-bond donors (Lipinski definition) is 0. The third-order valence-corrected chi connectivity index (χ3v) is 6.95. The zero-order valence-electron chi connectivity index (χ0n) is 15.5. The molecule has 7 heteroatoms. The van der Waals surface area contributed by atoms with Crippen molar-refractivity contribution in [1.82, 2.24) is 4.31 Å². The van der Waals surface area contributed by atoms with Crippen LogP contribution in [0.3, 0.4) is 0 Å². The zero-order chi connectivity index (χ0) is 20.3. The van der Waals surface area contributed by atoms with Crippen molar-refractivity contribution < 1.29 is 13.2 Å². The minimum absolute atomic E-state index is 0.0569. The largest absolute Gasteiger partial charge is 0.299 e. The molecule has 1 saturated heterocycles. The third kappa shape index (κ3) is 4.88. The summed E-state index contributed by atoms with van der Waals surface area (Å²) in [6, 6.07) is 17.0. The van der Waals surface area contributed by atoms with E-state index >= 15 is 0 Å². The number of nitrogens with zero attached hydrogens (tertiary/aromatic N) is 2. The molecule has 2 atom stereocenters. The first kappa shape index (κ1) is 20.7. The lowest BCUT2D eigenvalue weighted by Crippen LogP contribution is -2.28. The Kier molecular flexibility index (Phi) is 6.33. The number of halogens is 1. The van der Waals surface area contributed by atoms with Gasteiger partial charge in [-0.15, -0.1) is 0 Å². The summed E-state index contributed by atoms with van der Waals surface area (Å²) in [5.41, 5.74) is 2.42. The monoisotopic (exact) mass is 460 g/mol. The number of hydrogen-bond acceptors (Lipinski definition) is 4. The normalized spacial score (nSPS) is 20.0. The molecule has 1 aliphatic rings. The lowest BCUT2D eigenvalue weighted by Gasteiger charge is -2.18. The summed E-state index contributed by atoms with van der Waals surface area (Å²) >= 11 is 3.40. The van der Waals surface area contributed by atoms with E-state index in [4.69, 9.17) is 5.26 Å². The number of benzene rings is 2. The smallest absolute Gasteiger partial charge is 0.211 e. The maximum Gasteiger partial charge on any atom is 0.211 e. The molecule has 0 saturated carbocycles. The quantitative estimate of drug-likeness (QED) is 0.660. The number of ketones is 1. The second-order valence-corrected chi connectivity index (χ2v) is 10.0. The first-order valence-corrected chi connectivity index (χ1v) is 11.6. The van der Waals surface area contributed by atoms with Gasteiger partial charge in [-0.1, -0.05) is 40.2 Å². The molecule has 0 bridgehead atoms. The molecule has 2 aromatic rings. The van der Waals surface area contributed by atoms with E-state index < -0.39 is 15.9 Å². The van der Waals surface area contributed by atoms with Crippen LogP contribution >= 0.6 is 15.9 Å². The van der Waals surface area contributed by atoms with Gasteiger partial charge in [0.2, 0.25) is 10.0 Å². The van der Waals surface area contributed by atoms with Gasteiger partial charge < -0.3 is 0 Å². The number of nitriles is 1. The van der Waals surface area contributed by atoms with E-state index in [0.29, 0.717) is 18.4 Å². The van der Waals surface area contributed by atoms with Gasteiger partial charge in [0.1, 0.15) is 5.78 Å². The number of Topliss-reactive ketones (excluding diaryl/α,β-unsaturated/α-hetero) is 1. The van der Waals surface area contributed by atoms with E-state index in [9.17, 15) is 13.2 Å². The number of carbonyl (C=O) groups is 1. The van der Waals surface area contributed by atoms with Crippen LogP contribution in [-0.2, 0) is 21.2 Å². The molecule has 3 rings (SSSR count). The van der Waals surface area contributed by atoms with E-state index in [-0.39, 0.29) is 24.8 Å². The topological polar surface area (TPSA) is 78.2 Å². The Morgan fingerprint density at radius 3 is 2.57 bits per heavy atom. The second kappa shape index (κ2) is 8.56. The van der Waals surface area contributed by atoms with E-state index in [0.717, 1.165) is 15.6 Å². The molecule has 0 N–H and O–H groups in total. The molecule has 146 valence electrons. The summed E-state index contributed by atoms with van der Waals surface area (Å²) in [5, 5.41) is 9.16. The Morgan fingerprint density at radius 1 is 1.21 bits per heavy atom. The van der Waals surface area contributed by atoms with Crippen molar-refractivity contribution in [2.24, 2.45) is 5.92 Å². The van der Waals surface area contributed by atoms with Crippen molar-refractivity contribution in [3.63, 3.8) is 0 Å². The van der Waals surface area contributed by atoms with Crippen LogP contribution in [0.2, 0.25) is 0 Å². The van der Waals surface area contributed by atoms with Crippen molar-refractivity contribution in [2.75, 3.05) is 19.3 Å². The van der Waals surface area contributed by atoms with Crippen molar-refractivity contribution in [1.29, 1.82) is 5.26 Å². The summed E-state index contributed by atoms with van der Waals surface area (Å²) in [6.07, 6.45) is 2.15. The SMILES string of the molecule is CS(=O)(=O)N1C[C@@H](C(=O)CCc2ccc(Br)cc2)[C@H](c2cccc(C#N)c2)C1. The van der Waals surface area contributed by atoms with Crippen LogP contribution in [0.25, 0.3) is 0 Å². The Balaban J connectivity index is 1.81. The molecule has 0 unspecified atom stereocenters. The van der Waals surface area contributed by atoms with E-state index in [1.807, 2.05) is 30.3 Å². The van der Waals surface area contributed by atoms with E-state index in [1.165, 1.54) is 10.6 Å². The lowest BCUT2D eigenvalue weighted by atomic mass is 9.84. The average Bonchev–Trinajstić information content (AvgIpc) is 3.13. The lowest BCUT2D eigenvalue weighted by molar-refractivity contribution is -0.122. The van der Waals surface area contributed by atoms with E-state index in [2.05, 4.69) is 22.0 Å². The van der Waals surface area contributed by atoms with E-state index in [1.54, 1.807) is 18.2 Å². The predicted molar refractivity (Wildman–Crippen MR) is 111 cm³/mol. The molecular formula is C21H21BrN2O3S. The molecule has 2 aromatic carbocycles. The Bertz CT molecular complexity index is 1010. The first-order valence-electron chi connectivity index (χ1n) is 9.00. The molecule has 0 amide bonds. The predicted octanol–water partition coefficient (Wildman–Crippen LogP) is 3.50. The first-order chi connectivity index (χ1) is 13.3. The van der Waals surface area contributed by atoms with Crippen LogP contribution in [0.4, 0.5) is 0 Å². The molecule has 1 aliphatic heterocycles. The standard InChI is InChI=1S/C21H21BrN2O3S/c1-28(26,27)24-13-19(17-4-2-3-16(11-17)12-23)20(14-24)21(25)10-7-15-5-8-18(22)9-6-15/h2-6,8-9,11,19-20H,7,10,13-14H2,1H3/t19-,20+/m0/s1. The minimum atomic E-state index is -3.39. The summed E-state index contributed by atoms with van der Waals surface area (Å²) in [5.74, 6) is -0.582. The van der Waals surface area contributed by atoms with Gasteiger partial charge in [-0.3, -0.25) is 4.79 Å². The molecule has 5 nitrogen and oxygen atoms in total. The van der Waals surface area contributed by atoms with Crippen LogP contribution in [0, 0.1) is 17.2 Å². The maximum atomic E-state index is 13.0. The molecule has 28 heavy (non-hydrogen) atoms. The summed E-state index contributed by atoms with van der Waals surface area (Å²) in [7, 11) is -3.39. The van der Waals surface area contributed by atoms with Crippen molar-refractivity contribution >= 4 is 31.7 Å². The molecule has 0 aromatic heterocycles. The van der Waals surface area contributed by atoms with Gasteiger partial charge in [0.25, 0.3) is 0 Å². The molecule has 1 heterocycles. The van der Waals surface area contributed by atoms with Crippen LogP contribution in [0.5, 0.6) is 0 Å². The van der Waals surface area contributed by atoms with Crippen molar-refractivity contribution in [3.8, 4) is 6.07 Å². The van der Waals surface area contributed by atoms with Gasteiger partial charge in [0, 0.05) is 35.8 Å². The molecule has 1 fully saturated rings. The van der Waals surface area contributed by atoms with Crippen molar-refractivity contribution in [2.45, 2.75) is 18.8 Å². The van der Waals surface area contributed by atoms with Gasteiger partial charge >= 0.3 is 0 Å². The number of rotatable bonds is 6. The number of carbonyl (C=O) groups excluding carboxylic acids is 1. The zero-order valence-corrected chi connectivity index (χ0v) is 17.9. The highest BCUT2D eigenvalue weighted by molar-refractivity contribution is 9.10. The second-order valence-electron chi connectivity index (χ2n) is 7.12. The average molecular weight is 461 g/mol. The molecule has 0 radical (unpaired) electrons. The van der Waals surface area contributed by atoms with Crippen LogP contribution in [0.1, 0.15) is 29.0 Å². The minimum Gasteiger partial charge on any atom is -0.299 e. The number of sulfonamides is 1. The van der Waals surface area contributed by atoms with Gasteiger partial charge in [-0.05, 0) is 41.8 Å². The third-order valence-electron chi connectivity index (χ3n) is 5.19. The molecule has 0 aliphatic carbocycles. The fraction of sp³-hybridized carbons (Fsp3) is 0.333. The van der Waals surface area contributed by atoms with Gasteiger partial charge in [-0.2, -0.15) is 5.26 Å². The Labute approximate surface area is 174 Å². The Morgan fingerprint density at radius 2 is 1.93 bits per heavy atom. The van der Waals surface area contributed by atoms with Gasteiger partial charge in [0.15, 0.2) is 0 Å². The highest BCUT2D eigenvalue weighted by atomic mass is 79.9. The van der Waals surface area contributed by atoms with Crippen molar-refractivity contribution in [3.05, 3.63) is 69.7 Å². The Hall–Kier alpha value is -2.01. The molecule has 0 spiro atoms. The van der Waals surface area contributed by atoms with Gasteiger partial charge in [0.05, 0.1) is 17.9 Å². The summed E-state index contributed by atoms with van der Waals surface area (Å²) < 4.78 is 26.5. The summed E-state index contributed by atoms with van der Waals surface area (Å²) in [6.45, 7) is 0.460. The van der Waals surface area contributed by atoms with Crippen LogP contribution < -0.4 is 0 Å². The maximum absolute atomic E-state index is 13.0. The highest BCUT2D eigenvalue weighted by Crippen LogP contribution is 2.35. The number of aryl methyl sites for hydroxylation is 1. The fourth-order valence-corrected chi connectivity index (χ4v) is 4.77.